The van der Waals surface area contributed by atoms with Crippen molar-refractivity contribution in [1.29, 1.82) is 0 Å². The molecule has 1 saturated carbocycles. The van der Waals surface area contributed by atoms with Crippen molar-refractivity contribution in [3.05, 3.63) is 35.2 Å². The van der Waals surface area contributed by atoms with Crippen LogP contribution in [0.2, 0.25) is 0 Å². The normalized spacial score (nSPS) is 17.7. The molecule has 0 amide bonds. The summed E-state index contributed by atoms with van der Waals surface area (Å²) >= 11 is 0. The molecule has 5 nitrogen and oxygen atoms in total. The third-order valence-corrected chi connectivity index (χ3v) is 3.84. The van der Waals surface area contributed by atoms with E-state index in [-0.39, 0.29) is 0 Å². The van der Waals surface area contributed by atoms with E-state index >= 15 is 0 Å². The average molecular weight is 256 g/mol. The van der Waals surface area contributed by atoms with E-state index in [0.717, 1.165) is 23.8 Å². The summed E-state index contributed by atoms with van der Waals surface area (Å²) in [5, 5.41) is 8.56. The zero-order chi connectivity index (χ0) is 12.8. The first-order valence-electron chi connectivity index (χ1n) is 6.70. The molecule has 0 radical (unpaired) electrons. The largest absolute Gasteiger partial charge is 0.372 e. The van der Waals surface area contributed by atoms with Gasteiger partial charge in [0.1, 0.15) is 5.82 Å². The van der Waals surface area contributed by atoms with E-state index in [2.05, 4.69) is 33.0 Å². The van der Waals surface area contributed by atoms with Gasteiger partial charge in [0.2, 0.25) is 0 Å². The molecule has 98 valence electrons. The number of benzene rings is 1. The van der Waals surface area contributed by atoms with Crippen molar-refractivity contribution in [2.24, 2.45) is 5.73 Å². The first-order chi connectivity index (χ1) is 9.36. The lowest BCUT2D eigenvalue weighted by molar-refractivity contribution is 0.134. The molecule has 2 aromatic rings. The van der Waals surface area contributed by atoms with Gasteiger partial charge in [0, 0.05) is 11.6 Å². The molecule has 5 heteroatoms. The van der Waals surface area contributed by atoms with Crippen LogP contribution in [0, 0.1) is 0 Å². The molecular formula is C14H16N4O. The van der Waals surface area contributed by atoms with Crippen molar-refractivity contribution in [3.8, 4) is 11.4 Å². The molecule has 1 aliphatic heterocycles. The molecule has 4 rings (SSSR count). The van der Waals surface area contributed by atoms with Crippen molar-refractivity contribution in [2.45, 2.75) is 38.6 Å². The molecule has 0 spiro atoms. The lowest BCUT2D eigenvalue weighted by atomic mass is 10.1. The fourth-order valence-corrected chi connectivity index (χ4v) is 2.69. The van der Waals surface area contributed by atoms with E-state index in [1.54, 1.807) is 0 Å². The Kier molecular flexibility index (Phi) is 2.43. The number of nitrogens with two attached hydrogens (primary N) is 1. The Morgan fingerprint density at radius 1 is 1.21 bits per heavy atom. The van der Waals surface area contributed by atoms with Gasteiger partial charge in [-0.2, -0.15) is 0 Å². The molecule has 1 aliphatic carbocycles. The van der Waals surface area contributed by atoms with Gasteiger partial charge in [-0.3, -0.25) is 0 Å². The Balaban J connectivity index is 1.81. The van der Waals surface area contributed by atoms with Crippen LogP contribution in [0.15, 0.2) is 18.2 Å². The molecule has 0 saturated heterocycles. The van der Waals surface area contributed by atoms with Crippen molar-refractivity contribution in [3.63, 3.8) is 0 Å². The van der Waals surface area contributed by atoms with Crippen molar-refractivity contribution < 1.29 is 4.74 Å². The minimum Gasteiger partial charge on any atom is -0.372 e. The number of fused-ring (bicyclic) bond motifs is 1. The summed E-state index contributed by atoms with van der Waals surface area (Å²) in [6.45, 7) is 1.86. The van der Waals surface area contributed by atoms with Crippen molar-refractivity contribution >= 4 is 0 Å². The molecule has 2 N–H and O–H groups in total. The van der Waals surface area contributed by atoms with Crippen LogP contribution in [0.5, 0.6) is 0 Å². The number of hydrogen-bond donors (Lipinski definition) is 1. The first-order valence-corrected chi connectivity index (χ1v) is 6.70. The van der Waals surface area contributed by atoms with Crippen LogP contribution < -0.4 is 5.73 Å². The van der Waals surface area contributed by atoms with Crippen LogP contribution in [-0.2, 0) is 24.5 Å². The van der Waals surface area contributed by atoms with Crippen molar-refractivity contribution in [2.75, 3.05) is 0 Å². The average Bonchev–Trinajstić information content (AvgIpc) is 3.02. The van der Waals surface area contributed by atoms with E-state index in [1.165, 1.54) is 24.0 Å². The monoisotopic (exact) mass is 256 g/mol. The van der Waals surface area contributed by atoms with E-state index in [4.69, 9.17) is 10.5 Å². The Morgan fingerprint density at radius 2 is 2.05 bits per heavy atom. The second kappa shape index (κ2) is 4.15. The Bertz CT molecular complexity index is 630. The summed E-state index contributed by atoms with van der Waals surface area (Å²) in [5.41, 5.74) is 9.41. The maximum absolute atomic E-state index is 5.75. The topological polar surface area (TPSA) is 66.0 Å². The van der Waals surface area contributed by atoms with E-state index < -0.39 is 0 Å². The van der Waals surface area contributed by atoms with E-state index in [1.807, 2.05) is 0 Å². The number of rotatable bonds is 3. The number of nitrogens with zero attached hydrogens (tertiary/aromatic N) is 3. The number of hydrogen-bond acceptors (Lipinski definition) is 4. The fraction of sp³-hybridized carbons (Fsp3) is 0.429. The maximum atomic E-state index is 5.75. The number of aromatic nitrogens is 3. The van der Waals surface area contributed by atoms with Crippen LogP contribution in [0.3, 0.4) is 0 Å². The fourth-order valence-electron chi connectivity index (χ4n) is 2.69. The van der Waals surface area contributed by atoms with Crippen LogP contribution in [0.4, 0.5) is 0 Å². The maximum Gasteiger partial charge on any atom is 0.164 e. The molecule has 1 aromatic heterocycles. The Hall–Kier alpha value is -1.72. The predicted molar refractivity (Wildman–Crippen MR) is 70.1 cm³/mol. The molecule has 0 atom stereocenters. The molecule has 2 aliphatic rings. The van der Waals surface area contributed by atoms with Crippen LogP contribution in [0.1, 0.15) is 35.8 Å². The van der Waals surface area contributed by atoms with Gasteiger partial charge in [-0.25, -0.2) is 0 Å². The summed E-state index contributed by atoms with van der Waals surface area (Å²) in [7, 11) is 0. The van der Waals surface area contributed by atoms with Gasteiger partial charge >= 0.3 is 0 Å². The second-order valence-electron chi connectivity index (χ2n) is 5.22. The van der Waals surface area contributed by atoms with Gasteiger partial charge < -0.3 is 15.0 Å². The molecule has 1 aromatic carbocycles. The minimum atomic E-state index is 0.442. The zero-order valence-corrected chi connectivity index (χ0v) is 10.7. The predicted octanol–water partition coefficient (Wildman–Crippen LogP) is 1.77. The molecule has 0 bridgehead atoms. The van der Waals surface area contributed by atoms with Gasteiger partial charge in [0.25, 0.3) is 0 Å². The second-order valence-corrected chi connectivity index (χ2v) is 5.22. The summed E-state index contributed by atoms with van der Waals surface area (Å²) in [6.07, 6.45) is 2.40. The van der Waals surface area contributed by atoms with Gasteiger partial charge in [-0.1, -0.05) is 12.1 Å². The zero-order valence-electron chi connectivity index (χ0n) is 10.7. The third kappa shape index (κ3) is 1.77. The van der Waals surface area contributed by atoms with E-state index in [9.17, 15) is 0 Å². The summed E-state index contributed by atoms with van der Waals surface area (Å²) in [4.78, 5) is 0. The van der Waals surface area contributed by atoms with Gasteiger partial charge in [-0.15, -0.1) is 10.2 Å². The first kappa shape index (κ1) is 11.1. The van der Waals surface area contributed by atoms with Gasteiger partial charge in [-0.05, 0) is 30.0 Å². The highest BCUT2D eigenvalue weighted by Crippen LogP contribution is 2.39. The molecular weight excluding hydrogens is 240 g/mol. The van der Waals surface area contributed by atoms with E-state index in [0.29, 0.717) is 19.2 Å². The van der Waals surface area contributed by atoms with Crippen LogP contribution >= 0.6 is 0 Å². The highest BCUT2D eigenvalue weighted by molar-refractivity contribution is 5.58. The molecule has 2 heterocycles. The molecule has 19 heavy (non-hydrogen) atoms. The quantitative estimate of drug-likeness (QED) is 0.909. The standard InChI is InChI=1S/C14H16N4O/c15-6-13-16-17-14(18(13)12-3-4-12)9-1-2-10-7-19-8-11(10)5-9/h1-2,5,12H,3-4,6-8,15H2. The SMILES string of the molecule is NCc1nnc(-c2ccc3c(c2)COC3)n1C1CC1. The van der Waals surface area contributed by atoms with Crippen molar-refractivity contribution in [1.82, 2.24) is 14.8 Å². The lowest BCUT2D eigenvalue weighted by Crippen LogP contribution is -2.08. The third-order valence-electron chi connectivity index (χ3n) is 3.84. The Morgan fingerprint density at radius 3 is 2.84 bits per heavy atom. The smallest absolute Gasteiger partial charge is 0.164 e. The summed E-state index contributed by atoms with van der Waals surface area (Å²) in [5.74, 6) is 1.83. The van der Waals surface area contributed by atoms with Gasteiger partial charge in [0.15, 0.2) is 5.82 Å². The van der Waals surface area contributed by atoms with Gasteiger partial charge in [0.05, 0.1) is 19.8 Å². The molecule has 1 fully saturated rings. The Labute approximate surface area is 111 Å². The highest BCUT2D eigenvalue weighted by Gasteiger charge is 2.29. The summed E-state index contributed by atoms with van der Waals surface area (Å²) in [6, 6.07) is 6.95. The van der Waals surface area contributed by atoms with Crippen LogP contribution in [0.25, 0.3) is 11.4 Å². The summed E-state index contributed by atoms with van der Waals surface area (Å²) < 4.78 is 7.67. The molecule has 0 unspecified atom stereocenters. The number of ether oxygens (including phenoxy) is 1. The highest BCUT2D eigenvalue weighted by atomic mass is 16.5. The van der Waals surface area contributed by atoms with Crippen LogP contribution in [-0.4, -0.2) is 14.8 Å². The minimum absolute atomic E-state index is 0.442. The lowest BCUT2D eigenvalue weighted by Gasteiger charge is -2.08.